The number of carbonyl (C=O) groups excluding carboxylic acids is 1. The highest BCUT2D eigenvalue weighted by molar-refractivity contribution is 7.99. The van der Waals surface area contributed by atoms with E-state index < -0.39 is 0 Å². The highest BCUT2D eigenvalue weighted by Gasteiger charge is 2.21. The van der Waals surface area contributed by atoms with Crippen molar-refractivity contribution >= 4 is 35.0 Å². The van der Waals surface area contributed by atoms with Crippen LogP contribution in [0.5, 0.6) is 11.6 Å². The molecule has 10 nitrogen and oxygen atoms in total. The van der Waals surface area contributed by atoms with Gasteiger partial charge in [0.2, 0.25) is 11.8 Å². The van der Waals surface area contributed by atoms with Crippen LogP contribution in [0.15, 0.2) is 29.6 Å². The van der Waals surface area contributed by atoms with E-state index in [1.807, 2.05) is 24.6 Å². The highest BCUT2D eigenvalue weighted by atomic mass is 35.5. The quantitative estimate of drug-likeness (QED) is 0.381. The molecule has 0 fully saturated rings. The van der Waals surface area contributed by atoms with Crippen molar-refractivity contribution in [3.05, 3.63) is 29.4 Å². The molecule has 0 spiro atoms. The molecule has 3 rings (SSSR count). The van der Waals surface area contributed by atoms with Crippen molar-refractivity contribution in [3.63, 3.8) is 0 Å². The first kappa shape index (κ1) is 24.9. The molecule has 3 aromatic rings. The number of carbonyl (C=O) groups is 1. The van der Waals surface area contributed by atoms with Gasteiger partial charge in [0, 0.05) is 24.9 Å². The number of nitrogens with zero attached hydrogens (tertiary/aromatic N) is 5. The summed E-state index contributed by atoms with van der Waals surface area (Å²) >= 11 is 7.31. The molecule has 2 heterocycles. The van der Waals surface area contributed by atoms with Gasteiger partial charge in [-0.2, -0.15) is 0 Å². The maximum atomic E-state index is 12.6. The molecule has 178 valence electrons. The highest BCUT2D eigenvalue weighted by Crippen LogP contribution is 2.31. The summed E-state index contributed by atoms with van der Waals surface area (Å²) in [7, 11) is 3.16. The predicted octanol–water partition coefficient (Wildman–Crippen LogP) is 3.60. The second-order valence-corrected chi connectivity index (χ2v) is 8.15. The van der Waals surface area contributed by atoms with Crippen molar-refractivity contribution in [2.75, 3.05) is 38.5 Å². The first-order chi connectivity index (χ1) is 16.0. The van der Waals surface area contributed by atoms with Crippen LogP contribution < -0.4 is 14.8 Å². The van der Waals surface area contributed by atoms with Crippen LogP contribution in [0.1, 0.15) is 13.8 Å². The minimum absolute atomic E-state index is 0.118. The van der Waals surface area contributed by atoms with E-state index >= 15 is 0 Å². The number of aromatic nitrogens is 5. The van der Waals surface area contributed by atoms with Crippen molar-refractivity contribution in [2.45, 2.75) is 32.1 Å². The number of aryl methyl sites for hydroxylation is 1. The van der Waals surface area contributed by atoms with Gasteiger partial charge >= 0.3 is 0 Å². The number of amides is 1. The van der Waals surface area contributed by atoms with Crippen LogP contribution in [0, 0.1) is 0 Å². The average molecular weight is 495 g/mol. The van der Waals surface area contributed by atoms with E-state index in [-0.39, 0.29) is 11.7 Å². The fourth-order valence-electron chi connectivity index (χ4n) is 3.04. The third-order valence-corrected chi connectivity index (χ3v) is 5.78. The van der Waals surface area contributed by atoms with Crippen LogP contribution in [0.25, 0.3) is 11.4 Å². The number of anilines is 1. The summed E-state index contributed by atoms with van der Waals surface area (Å²) in [5, 5.41) is 17.0. The number of benzene rings is 1. The van der Waals surface area contributed by atoms with E-state index in [0.29, 0.717) is 59.6 Å². The fraction of sp³-hybridized carbons (Fsp3) is 0.429. The summed E-state index contributed by atoms with van der Waals surface area (Å²) < 4.78 is 19.9. The van der Waals surface area contributed by atoms with Crippen molar-refractivity contribution in [1.29, 1.82) is 0 Å². The lowest BCUT2D eigenvalue weighted by atomic mass is 10.3. The number of hydrogen-bond acceptors (Lipinski definition) is 8. The summed E-state index contributed by atoms with van der Waals surface area (Å²) in [6.07, 6.45) is 1.88. The van der Waals surface area contributed by atoms with Gasteiger partial charge in [0.25, 0.3) is 0 Å². The molecule has 0 aliphatic heterocycles. The predicted molar refractivity (Wildman–Crippen MR) is 127 cm³/mol. The molecule has 1 amide bonds. The molecule has 0 saturated carbocycles. The Labute approximate surface area is 201 Å². The molecule has 0 aliphatic rings. The van der Waals surface area contributed by atoms with Crippen molar-refractivity contribution < 1.29 is 19.0 Å². The first-order valence-corrected chi connectivity index (χ1v) is 11.8. The summed E-state index contributed by atoms with van der Waals surface area (Å²) in [5.41, 5.74) is 1.24. The smallest absolute Gasteiger partial charge is 0.243 e. The van der Waals surface area contributed by atoms with Crippen LogP contribution in [-0.4, -0.2) is 63.6 Å². The summed E-state index contributed by atoms with van der Waals surface area (Å²) in [5.74, 6) is 1.52. The maximum Gasteiger partial charge on any atom is 0.243 e. The second kappa shape index (κ2) is 11.9. The third kappa shape index (κ3) is 6.18. The number of halogens is 1. The van der Waals surface area contributed by atoms with E-state index in [0.717, 1.165) is 5.56 Å². The Bertz CT molecular complexity index is 1090. The Morgan fingerprint density at radius 2 is 2.06 bits per heavy atom. The monoisotopic (exact) mass is 494 g/mol. The van der Waals surface area contributed by atoms with Gasteiger partial charge < -0.3 is 19.5 Å². The van der Waals surface area contributed by atoms with Crippen molar-refractivity contribution in [3.8, 4) is 23.0 Å². The van der Waals surface area contributed by atoms with Crippen LogP contribution in [0.4, 0.5) is 5.69 Å². The van der Waals surface area contributed by atoms with E-state index in [2.05, 4.69) is 20.6 Å². The molecule has 0 bridgehead atoms. The Morgan fingerprint density at radius 3 is 2.76 bits per heavy atom. The molecule has 1 N–H and O–H groups in total. The van der Waals surface area contributed by atoms with Crippen molar-refractivity contribution in [2.24, 2.45) is 0 Å². The number of nitrogens with one attached hydrogen (secondary N) is 1. The van der Waals surface area contributed by atoms with Gasteiger partial charge in [-0.15, -0.1) is 15.3 Å². The number of rotatable bonds is 12. The Hall–Kier alpha value is -2.76. The van der Waals surface area contributed by atoms with Gasteiger partial charge in [0.15, 0.2) is 11.0 Å². The van der Waals surface area contributed by atoms with Gasteiger partial charge in [0.1, 0.15) is 11.3 Å². The molecular weight excluding hydrogens is 468 g/mol. The number of methoxy groups -OCH3 is 2. The Balaban J connectivity index is 1.80. The van der Waals surface area contributed by atoms with Gasteiger partial charge in [-0.25, -0.2) is 0 Å². The largest absolute Gasteiger partial charge is 0.495 e. The third-order valence-electron chi connectivity index (χ3n) is 4.58. The lowest BCUT2D eigenvalue weighted by Crippen LogP contribution is -2.15. The van der Waals surface area contributed by atoms with E-state index in [4.69, 9.17) is 25.8 Å². The maximum absolute atomic E-state index is 12.6. The zero-order chi connectivity index (χ0) is 23.8. The molecule has 0 atom stereocenters. The molecule has 0 saturated heterocycles. The van der Waals surface area contributed by atoms with Crippen LogP contribution in [0.2, 0.25) is 5.02 Å². The number of ether oxygens (including phenoxy) is 3. The summed E-state index contributed by atoms with van der Waals surface area (Å²) in [6, 6.07) is 5.04. The second-order valence-electron chi connectivity index (χ2n) is 6.77. The van der Waals surface area contributed by atoms with Gasteiger partial charge in [-0.05, 0) is 32.0 Å². The molecule has 12 heteroatoms. The number of thioether (sulfide) groups is 1. The molecule has 33 heavy (non-hydrogen) atoms. The first-order valence-electron chi connectivity index (χ1n) is 10.4. The molecule has 0 radical (unpaired) electrons. The normalized spacial score (nSPS) is 10.9. The summed E-state index contributed by atoms with van der Waals surface area (Å²) in [4.78, 5) is 12.6. The molecular formula is C21H27ClN6O4S. The van der Waals surface area contributed by atoms with Gasteiger partial charge in [0.05, 0.1) is 38.3 Å². The lowest BCUT2D eigenvalue weighted by molar-refractivity contribution is -0.113. The minimum Gasteiger partial charge on any atom is -0.495 e. The summed E-state index contributed by atoms with van der Waals surface area (Å²) in [6.45, 7) is 6.04. The van der Waals surface area contributed by atoms with Gasteiger partial charge in [-0.3, -0.25) is 14.0 Å². The Morgan fingerprint density at radius 1 is 1.24 bits per heavy atom. The lowest BCUT2D eigenvalue weighted by Gasteiger charge is -2.11. The molecule has 2 aromatic heterocycles. The molecule has 0 unspecified atom stereocenters. The average Bonchev–Trinajstić information content (AvgIpc) is 3.40. The molecule has 1 aromatic carbocycles. The van der Waals surface area contributed by atoms with Crippen LogP contribution >= 0.6 is 23.4 Å². The van der Waals surface area contributed by atoms with Crippen LogP contribution in [0.3, 0.4) is 0 Å². The van der Waals surface area contributed by atoms with Gasteiger partial charge in [-0.1, -0.05) is 23.4 Å². The number of hydrogen-bond donors (Lipinski definition) is 1. The minimum atomic E-state index is -0.225. The Kier molecular flexibility index (Phi) is 8.98. The van der Waals surface area contributed by atoms with Crippen LogP contribution in [-0.2, 0) is 22.6 Å². The zero-order valence-electron chi connectivity index (χ0n) is 19.0. The van der Waals surface area contributed by atoms with Crippen molar-refractivity contribution in [1.82, 2.24) is 24.5 Å². The van der Waals surface area contributed by atoms with E-state index in [1.54, 1.807) is 30.0 Å². The van der Waals surface area contributed by atoms with E-state index in [1.165, 1.54) is 18.9 Å². The SMILES string of the molecule is CCOc1nn(CC)cc1-c1nnc(SCC(=O)Nc2cc(Cl)ccc2OC)n1CCOC. The van der Waals surface area contributed by atoms with E-state index in [9.17, 15) is 4.79 Å². The topological polar surface area (TPSA) is 105 Å². The zero-order valence-corrected chi connectivity index (χ0v) is 20.6. The standard InChI is InChI=1S/C21H27ClN6O4S/c1-5-27-12-15(20(26-27)32-6-2)19-24-25-21(28(19)9-10-30-3)33-13-18(29)23-16-11-14(22)7-8-17(16)31-4/h7-8,11-12H,5-6,9-10,13H2,1-4H3,(H,23,29). The molecule has 0 aliphatic carbocycles. The fourth-order valence-corrected chi connectivity index (χ4v) is 3.97.